The van der Waals surface area contributed by atoms with Crippen LogP contribution in [0.3, 0.4) is 0 Å². The summed E-state index contributed by atoms with van der Waals surface area (Å²) in [5.74, 6) is -0.170. The molecule has 3 rings (SSSR count). The van der Waals surface area contributed by atoms with Crippen molar-refractivity contribution >= 4 is 29.3 Å². The van der Waals surface area contributed by atoms with Gasteiger partial charge in [0.05, 0.1) is 11.0 Å². The zero-order valence-electron chi connectivity index (χ0n) is 15.1. The Morgan fingerprint density at radius 1 is 1.27 bits per heavy atom. The zero-order valence-corrected chi connectivity index (χ0v) is 15.9. The predicted molar refractivity (Wildman–Crippen MR) is 104 cm³/mol. The monoisotopic (exact) mass is 380 g/mol. The van der Waals surface area contributed by atoms with Crippen LogP contribution in [0, 0.1) is 5.41 Å². The molecule has 0 aliphatic carbocycles. The minimum atomic E-state index is -0.672. The molecule has 26 heavy (non-hydrogen) atoms. The van der Waals surface area contributed by atoms with Crippen LogP contribution < -0.4 is 21.8 Å². The van der Waals surface area contributed by atoms with Crippen LogP contribution in [0.2, 0.25) is 0 Å². The molecule has 0 atom stereocenters. The Labute approximate surface area is 157 Å². The van der Waals surface area contributed by atoms with Gasteiger partial charge in [0.25, 0.3) is 5.91 Å². The summed E-state index contributed by atoms with van der Waals surface area (Å²) in [6, 6.07) is 5.02. The molecule has 3 N–H and O–H groups in total. The molecule has 1 fully saturated rings. The number of benzene rings is 1. The number of aryl methyl sites for hydroxylation is 1. The zero-order chi connectivity index (χ0) is 18.0. The molecule has 0 saturated carbocycles. The van der Waals surface area contributed by atoms with Crippen molar-refractivity contribution in [3.8, 4) is 0 Å². The van der Waals surface area contributed by atoms with Crippen LogP contribution in [0.15, 0.2) is 27.8 Å². The number of H-pyrrole nitrogens is 1. The van der Waals surface area contributed by atoms with Crippen LogP contribution in [0.4, 0.5) is 0 Å². The van der Waals surface area contributed by atoms with Crippen LogP contribution in [0.1, 0.15) is 37.0 Å². The Balaban J connectivity index is 0.00000243. The molecular formula is C18H25ClN4O3. The SMILES string of the molecule is CCn1c(=O)c(=O)[nH]c2cc(C(=O)NCC3(C)CCNCC3)ccc21.Cl. The van der Waals surface area contributed by atoms with Crippen molar-refractivity contribution in [1.82, 2.24) is 20.2 Å². The number of hydrogen-bond donors (Lipinski definition) is 3. The largest absolute Gasteiger partial charge is 0.351 e. The topological polar surface area (TPSA) is 96.0 Å². The van der Waals surface area contributed by atoms with Crippen molar-refractivity contribution in [2.45, 2.75) is 33.2 Å². The second-order valence-electron chi connectivity index (χ2n) is 6.98. The summed E-state index contributed by atoms with van der Waals surface area (Å²) < 4.78 is 1.41. The highest BCUT2D eigenvalue weighted by molar-refractivity contribution is 5.97. The maximum atomic E-state index is 12.5. The lowest BCUT2D eigenvalue weighted by Crippen LogP contribution is -2.42. The fraction of sp³-hybridized carbons (Fsp3) is 0.500. The quantitative estimate of drug-likeness (QED) is 0.695. The van der Waals surface area contributed by atoms with E-state index < -0.39 is 11.1 Å². The van der Waals surface area contributed by atoms with Gasteiger partial charge in [0.2, 0.25) is 0 Å². The molecule has 7 nitrogen and oxygen atoms in total. The molecule has 8 heteroatoms. The normalized spacial score (nSPS) is 16.1. The first kappa shape index (κ1) is 20.2. The van der Waals surface area contributed by atoms with Crippen LogP contribution >= 0.6 is 12.4 Å². The number of hydrogen-bond acceptors (Lipinski definition) is 4. The maximum absolute atomic E-state index is 12.5. The Morgan fingerprint density at radius 2 is 1.96 bits per heavy atom. The van der Waals surface area contributed by atoms with Gasteiger partial charge in [-0.05, 0) is 56.5 Å². The second kappa shape index (κ2) is 8.05. The molecule has 0 spiro atoms. The van der Waals surface area contributed by atoms with Crippen molar-refractivity contribution in [2.75, 3.05) is 19.6 Å². The minimum Gasteiger partial charge on any atom is -0.351 e. The standard InChI is InChI=1S/C18H24N4O3.ClH/c1-3-22-14-5-4-12(10-13(14)21-16(24)17(22)25)15(23)20-11-18(2)6-8-19-9-7-18;/h4-5,10,19H,3,6-9,11H2,1-2H3,(H,20,23)(H,21,24);1H. The highest BCUT2D eigenvalue weighted by Crippen LogP contribution is 2.26. The molecule has 1 saturated heterocycles. The Hall–Kier alpha value is -2.12. The summed E-state index contributed by atoms with van der Waals surface area (Å²) in [6.45, 7) is 6.95. The first-order chi connectivity index (χ1) is 11.9. The summed E-state index contributed by atoms with van der Waals surface area (Å²) in [7, 11) is 0. The third-order valence-corrected chi connectivity index (χ3v) is 5.04. The van der Waals surface area contributed by atoms with E-state index in [4.69, 9.17) is 0 Å². The van der Waals surface area contributed by atoms with Crippen LogP contribution in [0.5, 0.6) is 0 Å². The number of rotatable bonds is 4. The fourth-order valence-electron chi connectivity index (χ4n) is 3.34. The summed E-state index contributed by atoms with van der Waals surface area (Å²) in [5, 5.41) is 6.33. The lowest BCUT2D eigenvalue weighted by Gasteiger charge is -2.34. The summed E-state index contributed by atoms with van der Waals surface area (Å²) >= 11 is 0. The van der Waals surface area contributed by atoms with Crippen molar-refractivity contribution in [3.63, 3.8) is 0 Å². The molecular weight excluding hydrogens is 356 g/mol. The number of piperidine rings is 1. The summed E-state index contributed by atoms with van der Waals surface area (Å²) in [4.78, 5) is 38.7. The van der Waals surface area contributed by atoms with E-state index in [2.05, 4.69) is 22.5 Å². The van der Waals surface area contributed by atoms with Crippen LogP contribution in [-0.2, 0) is 6.54 Å². The lowest BCUT2D eigenvalue weighted by atomic mass is 9.81. The van der Waals surface area contributed by atoms with Gasteiger partial charge in [-0.2, -0.15) is 0 Å². The summed E-state index contributed by atoms with van der Waals surface area (Å²) in [5.41, 5.74) is 0.442. The number of fused-ring (bicyclic) bond motifs is 1. The molecule has 1 aliphatic rings. The molecule has 0 radical (unpaired) electrons. The van der Waals surface area contributed by atoms with E-state index in [1.165, 1.54) is 4.57 Å². The molecule has 1 aliphatic heterocycles. The highest BCUT2D eigenvalue weighted by atomic mass is 35.5. The van der Waals surface area contributed by atoms with E-state index in [1.54, 1.807) is 25.1 Å². The van der Waals surface area contributed by atoms with Gasteiger partial charge in [-0.15, -0.1) is 12.4 Å². The summed E-state index contributed by atoms with van der Waals surface area (Å²) in [6.07, 6.45) is 2.06. The van der Waals surface area contributed by atoms with E-state index in [9.17, 15) is 14.4 Å². The van der Waals surface area contributed by atoms with Gasteiger partial charge >= 0.3 is 11.1 Å². The number of nitrogens with zero attached hydrogens (tertiary/aromatic N) is 1. The number of carbonyl (C=O) groups excluding carboxylic acids is 1. The molecule has 2 heterocycles. The third-order valence-electron chi connectivity index (χ3n) is 5.04. The van der Waals surface area contributed by atoms with Gasteiger partial charge in [0, 0.05) is 18.7 Å². The molecule has 1 aromatic carbocycles. The van der Waals surface area contributed by atoms with Gasteiger partial charge in [-0.3, -0.25) is 14.4 Å². The fourth-order valence-corrected chi connectivity index (χ4v) is 3.34. The number of nitrogens with one attached hydrogen (secondary N) is 3. The van der Waals surface area contributed by atoms with E-state index in [0.717, 1.165) is 25.9 Å². The van der Waals surface area contributed by atoms with E-state index in [0.29, 0.717) is 29.7 Å². The number of carbonyl (C=O) groups is 1. The first-order valence-electron chi connectivity index (χ1n) is 8.69. The van der Waals surface area contributed by atoms with E-state index in [-0.39, 0.29) is 23.7 Å². The van der Waals surface area contributed by atoms with Crippen LogP contribution in [-0.4, -0.2) is 35.1 Å². The average molecular weight is 381 g/mol. The van der Waals surface area contributed by atoms with Crippen molar-refractivity contribution in [1.29, 1.82) is 0 Å². The van der Waals surface area contributed by atoms with E-state index in [1.807, 2.05) is 0 Å². The smallest absolute Gasteiger partial charge is 0.316 e. The minimum absolute atomic E-state index is 0. The lowest BCUT2D eigenvalue weighted by molar-refractivity contribution is 0.0922. The van der Waals surface area contributed by atoms with Gasteiger partial charge in [-0.25, -0.2) is 0 Å². The predicted octanol–water partition coefficient (Wildman–Crippen LogP) is 1.25. The van der Waals surface area contributed by atoms with Gasteiger partial charge < -0.3 is 20.2 Å². The number of aromatic amines is 1. The number of amides is 1. The van der Waals surface area contributed by atoms with Gasteiger partial charge in [0.15, 0.2) is 0 Å². The number of halogens is 1. The molecule has 2 aromatic rings. The van der Waals surface area contributed by atoms with Gasteiger partial charge in [0.1, 0.15) is 0 Å². The average Bonchev–Trinajstić information content (AvgIpc) is 2.61. The van der Waals surface area contributed by atoms with Gasteiger partial charge in [-0.1, -0.05) is 6.92 Å². The number of aromatic nitrogens is 2. The molecule has 1 aromatic heterocycles. The van der Waals surface area contributed by atoms with Crippen LogP contribution in [0.25, 0.3) is 11.0 Å². The first-order valence-corrected chi connectivity index (χ1v) is 8.69. The second-order valence-corrected chi connectivity index (χ2v) is 6.98. The molecule has 1 amide bonds. The molecule has 0 unspecified atom stereocenters. The third kappa shape index (κ3) is 3.99. The Bertz CT molecular complexity index is 913. The van der Waals surface area contributed by atoms with Crippen molar-refractivity contribution in [2.24, 2.45) is 5.41 Å². The molecule has 142 valence electrons. The Morgan fingerprint density at radius 3 is 2.62 bits per heavy atom. The van der Waals surface area contributed by atoms with Crippen molar-refractivity contribution in [3.05, 3.63) is 44.5 Å². The highest BCUT2D eigenvalue weighted by Gasteiger charge is 2.27. The molecule has 0 bridgehead atoms. The van der Waals surface area contributed by atoms with Crippen molar-refractivity contribution < 1.29 is 4.79 Å². The Kier molecular flexibility index (Phi) is 6.26. The van der Waals surface area contributed by atoms with E-state index >= 15 is 0 Å². The maximum Gasteiger partial charge on any atom is 0.316 e.